The smallest absolute Gasteiger partial charge is 0.127 e. The van der Waals surface area contributed by atoms with Crippen LogP contribution in [0.2, 0.25) is 0 Å². The van der Waals surface area contributed by atoms with Gasteiger partial charge in [-0.1, -0.05) is 48.0 Å². The minimum atomic E-state index is 0.867. The Morgan fingerprint density at radius 1 is 0.773 bits per heavy atom. The lowest BCUT2D eigenvalue weighted by atomic mass is 10.2. The number of thioether (sulfide) groups is 1. The second-order valence-electron chi connectivity index (χ2n) is 5.16. The van der Waals surface area contributed by atoms with Crippen molar-refractivity contribution in [3.05, 3.63) is 90.0 Å². The molecule has 0 radical (unpaired) electrons. The first-order chi connectivity index (χ1) is 10.8. The molecule has 0 aliphatic heterocycles. The summed E-state index contributed by atoms with van der Waals surface area (Å²) in [5.74, 6) is 2.69. The maximum atomic E-state index is 5.88. The van der Waals surface area contributed by atoms with E-state index in [2.05, 4.69) is 43.3 Å². The molecule has 0 aliphatic rings. The van der Waals surface area contributed by atoms with Crippen LogP contribution in [0.5, 0.6) is 11.5 Å². The van der Waals surface area contributed by atoms with Gasteiger partial charge in [-0.2, -0.15) is 0 Å². The standard InChI is InChI=1S/C20H18OS/c1-16-10-12-20(13-11-16)22-15-17-6-5-9-19(14-17)21-18-7-3-2-4-8-18/h2-14H,15H2,1H3. The van der Waals surface area contributed by atoms with E-state index >= 15 is 0 Å². The van der Waals surface area contributed by atoms with Crippen molar-refractivity contribution in [1.82, 2.24) is 0 Å². The first-order valence-corrected chi connectivity index (χ1v) is 8.29. The van der Waals surface area contributed by atoms with Gasteiger partial charge in [-0.05, 0) is 48.9 Å². The predicted molar refractivity (Wildman–Crippen MR) is 93.7 cm³/mol. The first kappa shape index (κ1) is 14.7. The molecule has 3 aromatic carbocycles. The van der Waals surface area contributed by atoms with Gasteiger partial charge >= 0.3 is 0 Å². The van der Waals surface area contributed by atoms with Crippen LogP contribution in [0.4, 0.5) is 0 Å². The Bertz CT molecular complexity index is 720. The zero-order valence-corrected chi connectivity index (χ0v) is 13.3. The summed E-state index contributed by atoms with van der Waals surface area (Å²) in [6.45, 7) is 2.11. The Morgan fingerprint density at radius 2 is 1.50 bits per heavy atom. The summed E-state index contributed by atoms with van der Waals surface area (Å²) in [6, 6.07) is 26.8. The van der Waals surface area contributed by atoms with Crippen LogP contribution < -0.4 is 4.74 Å². The van der Waals surface area contributed by atoms with Gasteiger partial charge in [-0.15, -0.1) is 11.8 Å². The number of hydrogen-bond donors (Lipinski definition) is 0. The number of rotatable bonds is 5. The third kappa shape index (κ3) is 4.15. The van der Waals surface area contributed by atoms with E-state index in [-0.39, 0.29) is 0 Å². The highest BCUT2D eigenvalue weighted by molar-refractivity contribution is 7.98. The van der Waals surface area contributed by atoms with Crippen LogP contribution in [-0.4, -0.2) is 0 Å². The van der Waals surface area contributed by atoms with Gasteiger partial charge < -0.3 is 4.74 Å². The van der Waals surface area contributed by atoms with Crippen molar-refractivity contribution in [1.29, 1.82) is 0 Å². The molecular weight excluding hydrogens is 288 g/mol. The van der Waals surface area contributed by atoms with Crippen molar-refractivity contribution in [3.8, 4) is 11.5 Å². The zero-order chi connectivity index (χ0) is 15.2. The average Bonchev–Trinajstić information content (AvgIpc) is 2.56. The van der Waals surface area contributed by atoms with Gasteiger partial charge in [0.1, 0.15) is 11.5 Å². The molecule has 0 fully saturated rings. The molecule has 0 aliphatic carbocycles. The highest BCUT2D eigenvalue weighted by Gasteiger charge is 2.00. The molecule has 0 heterocycles. The van der Waals surface area contributed by atoms with Crippen molar-refractivity contribution in [3.63, 3.8) is 0 Å². The molecule has 3 aromatic rings. The third-order valence-electron chi connectivity index (χ3n) is 3.30. The molecule has 3 rings (SSSR count). The third-order valence-corrected chi connectivity index (χ3v) is 4.39. The molecule has 0 N–H and O–H groups in total. The van der Waals surface area contributed by atoms with Crippen molar-refractivity contribution in [2.45, 2.75) is 17.6 Å². The maximum Gasteiger partial charge on any atom is 0.127 e. The minimum Gasteiger partial charge on any atom is -0.457 e. The molecule has 0 bridgehead atoms. The largest absolute Gasteiger partial charge is 0.457 e. The highest BCUT2D eigenvalue weighted by atomic mass is 32.2. The van der Waals surface area contributed by atoms with E-state index in [1.165, 1.54) is 16.0 Å². The summed E-state index contributed by atoms with van der Waals surface area (Å²) in [4.78, 5) is 1.29. The van der Waals surface area contributed by atoms with E-state index in [1.54, 1.807) is 0 Å². The molecule has 22 heavy (non-hydrogen) atoms. The van der Waals surface area contributed by atoms with Crippen molar-refractivity contribution < 1.29 is 4.74 Å². The summed E-state index contributed by atoms with van der Waals surface area (Å²) >= 11 is 1.84. The van der Waals surface area contributed by atoms with Gasteiger partial charge in [-0.3, -0.25) is 0 Å². The lowest BCUT2D eigenvalue weighted by Crippen LogP contribution is -1.86. The monoisotopic (exact) mass is 306 g/mol. The number of hydrogen-bond acceptors (Lipinski definition) is 2. The van der Waals surface area contributed by atoms with Crippen molar-refractivity contribution in [2.75, 3.05) is 0 Å². The molecule has 0 saturated carbocycles. The van der Waals surface area contributed by atoms with Crippen LogP contribution in [0, 0.1) is 6.92 Å². The van der Waals surface area contributed by atoms with Crippen LogP contribution >= 0.6 is 11.8 Å². The normalized spacial score (nSPS) is 10.4. The Hall–Kier alpha value is -2.19. The summed E-state index contributed by atoms with van der Waals surface area (Å²) in [6.07, 6.45) is 0. The Kier molecular flexibility index (Phi) is 4.81. The molecule has 0 atom stereocenters. The number of para-hydroxylation sites is 1. The summed E-state index contributed by atoms with van der Waals surface area (Å²) in [5, 5.41) is 0. The van der Waals surface area contributed by atoms with Crippen LogP contribution in [0.3, 0.4) is 0 Å². The molecule has 0 unspecified atom stereocenters. The summed E-state index contributed by atoms with van der Waals surface area (Å²) in [5.41, 5.74) is 2.56. The van der Waals surface area contributed by atoms with Gasteiger partial charge in [0.05, 0.1) is 0 Å². The lowest BCUT2D eigenvalue weighted by Gasteiger charge is -2.08. The Balaban J connectivity index is 1.65. The van der Waals surface area contributed by atoms with Crippen LogP contribution in [0.1, 0.15) is 11.1 Å². The lowest BCUT2D eigenvalue weighted by molar-refractivity contribution is 0.482. The summed E-state index contributed by atoms with van der Waals surface area (Å²) < 4.78 is 5.88. The molecule has 2 heteroatoms. The second-order valence-corrected chi connectivity index (χ2v) is 6.21. The summed E-state index contributed by atoms with van der Waals surface area (Å²) in [7, 11) is 0. The van der Waals surface area contributed by atoms with Crippen LogP contribution in [0.25, 0.3) is 0 Å². The number of aryl methyl sites for hydroxylation is 1. The quantitative estimate of drug-likeness (QED) is 0.528. The van der Waals surface area contributed by atoms with Crippen LogP contribution in [-0.2, 0) is 5.75 Å². The Morgan fingerprint density at radius 3 is 2.27 bits per heavy atom. The van der Waals surface area contributed by atoms with Gasteiger partial charge in [-0.25, -0.2) is 0 Å². The fourth-order valence-electron chi connectivity index (χ4n) is 2.12. The second kappa shape index (κ2) is 7.19. The van der Waals surface area contributed by atoms with Gasteiger partial charge in [0.15, 0.2) is 0 Å². The fraction of sp³-hybridized carbons (Fsp3) is 0.100. The van der Waals surface area contributed by atoms with Crippen LogP contribution in [0.15, 0.2) is 83.8 Å². The van der Waals surface area contributed by atoms with E-state index in [4.69, 9.17) is 4.74 Å². The molecule has 0 amide bonds. The predicted octanol–water partition coefficient (Wildman–Crippen LogP) is 6.08. The molecule has 0 aromatic heterocycles. The molecule has 0 saturated heterocycles. The zero-order valence-electron chi connectivity index (χ0n) is 12.5. The Labute approximate surface area is 136 Å². The molecular formula is C20H18OS. The number of ether oxygens (including phenoxy) is 1. The van der Waals surface area contributed by atoms with E-state index in [0.29, 0.717) is 0 Å². The van der Waals surface area contributed by atoms with Crippen molar-refractivity contribution in [2.24, 2.45) is 0 Å². The van der Waals surface area contributed by atoms with E-state index in [1.807, 2.05) is 54.2 Å². The molecule has 0 spiro atoms. The fourth-order valence-corrected chi connectivity index (χ4v) is 2.97. The average molecular weight is 306 g/mol. The van der Waals surface area contributed by atoms with E-state index in [0.717, 1.165) is 17.3 Å². The topological polar surface area (TPSA) is 9.23 Å². The molecule has 1 nitrogen and oxygen atoms in total. The van der Waals surface area contributed by atoms with E-state index < -0.39 is 0 Å². The highest BCUT2D eigenvalue weighted by Crippen LogP contribution is 2.26. The van der Waals surface area contributed by atoms with Gasteiger partial charge in [0.25, 0.3) is 0 Å². The van der Waals surface area contributed by atoms with Gasteiger partial charge in [0.2, 0.25) is 0 Å². The van der Waals surface area contributed by atoms with Gasteiger partial charge in [0, 0.05) is 10.6 Å². The molecule has 110 valence electrons. The van der Waals surface area contributed by atoms with E-state index in [9.17, 15) is 0 Å². The number of benzene rings is 3. The first-order valence-electron chi connectivity index (χ1n) is 7.31. The minimum absolute atomic E-state index is 0.867. The maximum absolute atomic E-state index is 5.88. The van der Waals surface area contributed by atoms with Crippen molar-refractivity contribution >= 4 is 11.8 Å². The SMILES string of the molecule is Cc1ccc(SCc2cccc(Oc3ccccc3)c2)cc1.